The Morgan fingerprint density at radius 1 is 1.29 bits per heavy atom. The molecule has 1 aliphatic heterocycles. The highest BCUT2D eigenvalue weighted by atomic mass is 16.5. The highest BCUT2D eigenvalue weighted by Crippen LogP contribution is 2.41. The van der Waals surface area contributed by atoms with E-state index in [0.29, 0.717) is 18.9 Å². The van der Waals surface area contributed by atoms with Crippen LogP contribution in [0.1, 0.15) is 31.7 Å². The summed E-state index contributed by atoms with van der Waals surface area (Å²) in [6.45, 7) is 4.30. The van der Waals surface area contributed by atoms with Gasteiger partial charge in [0.2, 0.25) is 11.8 Å². The Morgan fingerprint density at radius 2 is 2.08 bits per heavy atom. The number of rotatable bonds is 5. The molecule has 1 N–H and O–H groups in total. The quantitative estimate of drug-likeness (QED) is 0.900. The van der Waals surface area contributed by atoms with E-state index in [1.807, 2.05) is 29.2 Å². The van der Waals surface area contributed by atoms with Crippen LogP contribution < -0.4 is 10.1 Å². The summed E-state index contributed by atoms with van der Waals surface area (Å²) in [6.07, 6.45) is 2.95. The Bertz CT molecular complexity index is 616. The third kappa shape index (κ3) is 3.71. The summed E-state index contributed by atoms with van der Waals surface area (Å²) in [5, 5.41) is 2.94. The van der Waals surface area contributed by atoms with Crippen LogP contribution in [0.2, 0.25) is 0 Å². The number of hydrogen-bond donors (Lipinski definition) is 1. The molecule has 2 amide bonds. The van der Waals surface area contributed by atoms with Gasteiger partial charge in [-0.1, -0.05) is 25.1 Å². The van der Waals surface area contributed by atoms with Crippen molar-refractivity contribution in [1.29, 1.82) is 0 Å². The molecule has 2 aliphatic rings. The van der Waals surface area contributed by atoms with Crippen molar-refractivity contribution in [3.05, 3.63) is 29.8 Å². The second kappa shape index (κ2) is 7.24. The number of hydrogen-bond acceptors (Lipinski definition) is 3. The number of nitrogens with zero attached hydrogens (tertiary/aromatic N) is 1. The maximum Gasteiger partial charge on any atom is 0.226 e. The minimum Gasteiger partial charge on any atom is -0.496 e. The molecule has 1 heterocycles. The Labute approximate surface area is 143 Å². The van der Waals surface area contributed by atoms with Gasteiger partial charge in [0.1, 0.15) is 5.75 Å². The van der Waals surface area contributed by atoms with Crippen LogP contribution in [0.25, 0.3) is 0 Å². The number of carbonyl (C=O) groups is 2. The van der Waals surface area contributed by atoms with Crippen molar-refractivity contribution in [2.75, 3.05) is 20.2 Å². The molecule has 0 spiro atoms. The first kappa shape index (κ1) is 16.8. The number of piperidine rings is 1. The highest BCUT2D eigenvalue weighted by Gasteiger charge is 2.49. The zero-order valence-corrected chi connectivity index (χ0v) is 14.5. The third-order valence-corrected chi connectivity index (χ3v) is 5.06. The molecule has 5 heteroatoms. The van der Waals surface area contributed by atoms with Gasteiger partial charge in [0, 0.05) is 25.2 Å². The largest absolute Gasteiger partial charge is 0.496 e. The number of methoxy groups -OCH3 is 1. The molecule has 1 aliphatic carbocycles. The molecule has 0 bridgehead atoms. The molecule has 3 unspecified atom stereocenters. The van der Waals surface area contributed by atoms with E-state index in [0.717, 1.165) is 30.8 Å². The van der Waals surface area contributed by atoms with E-state index >= 15 is 0 Å². The summed E-state index contributed by atoms with van der Waals surface area (Å²) in [6, 6.07) is 7.64. The number of ether oxygens (including phenoxy) is 1. The number of likely N-dealkylation sites (tertiary alicyclic amines) is 1. The van der Waals surface area contributed by atoms with Gasteiger partial charge in [0.05, 0.1) is 18.9 Å². The fraction of sp³-hybridized carbons (Fsp3) is 0.579. The maximum absolute atomic E-state index is 12.5. The number of benzene rings is 1. The number of nitrogens with one attached hydrogen (secondary N) is 1. The second-order valence-electron chi connectivity index (χ2n) is 7.01. The zero-order valence-electron chi connectivity index (χ0n) is 14.5. The topological polar surface area (TPSA) is 58.6 Å². The molecule has 0 radical (unpaired) electrons. The van der Waals surface area contributed by atoms with Gasteiger partial charge in [-0.25, -0.2) is 0 Å². The maximum atomic E-state index is 12.5. The van der Waals surface area contributed by atoms with E-state index in [4.69, 9.17) is 4.74 Å². The van der Waals surface area contributed by atoms with Crippen molar-refractivity contribution >= 4 is 11.8 Å². The van der Waals surface area contributed by atoms with E-state index < -0.39 is 0 Å². The lowest BCUT2D eigenvalue weighted by Gasteiger charge is -2.31. The Balaban J connectivity index is 1.50. The van der Waals surface area contributed by atoms with Crippen LogP contribution in [0.15, 0.2) is 24.3 Å². The zero-order chi connectivity index (χ0) is 17.1. The van der Waals surface area contributed by atoms with Gasteiger partial charge < -0.3 is 15.0 Å². The van der Waals surface area contributed by atoms with Crippen molar-refractivity contribution in [3.8, 4) is 5.75 Å². The highest BCUT2D eigenvalue weighted by molar-refractivity contribution is 5.92. The van der Waals surface area contributed by atoms with Crippen molar-refractivity contribution in [2.45, 2.75) is 32.7 Å². The summed E-state index contributed by atoms with van der Waals surface area (Å²) in [7, 11) is 1.62. The fourth-order valence-corrected chi connectivity index (χ4v) is 3.54. The van der Waals surface area contributed by atoms with E-state index in [1.165, 1.54) is 6.42 Å². The van der Waals surface area contributed by atoms with Crippen LogP contribution in [-0.4, -0.2) is 36.9 Å². The minimum atomic E-state index is -0.163. The van der Waals surface area contributed by atoms with E-state index in [2.05, 4.69) is 12.2 Å². The van der Waals surface area contributed by atoms with Crippen LogP contribution in [0, 0.1) is 17.8 Å². The smallest absolute Gasteiger partial charge is 0.226 e. The number of carbonyl (C=O) groups excluding carboxylic acids is 2. The van der Waals surface area contributed by atoms with Gasteiger partial charge in [-0.3, -0.25) is 9.59 Å². The molecule has 5 nitrogen and oxygen atoms in total. The van der Waals surface area contributed by atoms with Crippen molar-refractivity contribution in [1.82, 2.24) is 10.2 Å². The van der Waals surface area contributed by atoms with Crippen LogP contribution in [0.5, 0.6) is 5.75 Å². The SMILES string of the molecule is COc1ccccc1CNC(=O)C1CC1C(=O)N1CCCC(C)C1. The fourth-order valence-electron chi connectivity index (χ4n) is 3.54. The van der Waals surface area contributed by atoms with Crippen molar-refractivity contribution in [3.63, 3.8) is 0 Å². The lowest BCUT2D eigenvalue weighted by Crippen LogP contribution is -2.40. The van der Waals surface area contributed by atoms with Crippen LogP contribution >= 0.6 is 0 Å². The summed E-state index contributed by atoms with van der Waals surface area (Å²) in [5.74, 6) is 1.20. The van der Waals surface area contributed by atoms with Crippen molar-refractivity contribution in [2.24, 2.45) is 17.8 Å². The minimum absolute atomic E-state index is 0.0238. The Kier molecular flexibility index (Phi) is 5.07. The van der Waals surface area contributed by atoms with Gasteiger partial charge in [-0.2, -0.15) is 0 Å². The summed E-state index contributed by atoms with van der Waals surface area (Å²) in [5.41, 5.74) is 0.946. The Morgan fingerprint density at radius 3 is 2.83 bits per heavy atom. The second-order valence-corrected chi connectivity index (χ2v) is 7.01. The van der Waals surface area contributed by atoms with Crippen LogP contribution in [0.4, 0.5) is 0 Å². The first-order valence-corrected chi connectivity index (χ1v) is 8.78. The summed E-state index contributed by atoms with van der Waals surface area (Å²) < 4.78 is 5.29. The molecule has 1 saturated heterocycles. The average Bonchev–Trinajstić information content (AvgIpc) is 3.40. The van der Waals surface area contributed by atoms with Crippen molar-refractivity contribution < 1.29 is 14.3 Å². The molecule has 3 atom stereocenters. The Hall–Kier alpha value is -2.04. The first-order valence-electron chi connectivity index (χ1n) is 8.78. The molecular weight excluding hydrogens is 304 g/mol. The van der Waals surface area contributed by atoms with Crippen LogP contribution in [0.3, 0.4) is 0 Å². The molecule has 2 fully saturated rings. The molecule has 130 valence electrons. The molecule has 3 rings (SSSR count). The molecule has 1 aromatic carbocycles. The average molecular weight is 330 g/mol. The lowest BCUT2D eigenvalue weighted by atomic mass is 10.00. The first-order chi connectivity index (χ1) is 11.6. The summed E-state index contributed by atoms with van der Waals surface area (Å²) in [4.78, 5) is 26.8. The van der Waals surface area contributed by atoms with Gasteiger partial charge in [0.25, 0.3) is 0 Å². The molecule has 1 aromatic rings. The number of amides is 2. The molecule has 24 heavy (non-hydrogen) atoms. The lowest BCUT2D eigenvalue weighted by molar-refractivity contribution is -0.136. The van der Waals surface area contributed by atoms with Crippen LogP contribution in [-0.2, 0) is 16.1 Å². The van der Waals surface area contributed by atoms with Gasteiger partial charge in [-0.15, -0.1) is 0 Å². The van der Waals surface area contributed by atoms with E-state index in [1.54, 1.807) is 7.11 Å². The molecule has 0 aromatic heterocycles. The third-order valence-electron chi connectivity index (χ3n) is 5.06. The molecular formula is C19H26N2O3. The van der Waals surface area contributed by atoms with Gasteiger partial charge in [0.15, 0.2) is 0 Å². The predicted molar refractivity (Wildman–Crippen MR) is 91.4 cm³/mol. The standard InChI is InChI=1S/C19H26N2O3/c1-13-6-5-9-21(12-13)19(23)16-10-15(16)18(22)20-11-14-7-3-4-8-17(14)24-2/h3-4,7-8,13,15-16H,5-6,9-12H2,1-2H3,(H,20,22). The number of para-hydroxylation sites is 1. The normalized spacial score (nSPS) is 25.9. The van der Waals surface area contributed by atoms with Gasteiger partial charge in [-0.05, 0) is 31.2 Å². The predicted octanol–water partition coefficient (Wildman–Crippen LogP) is 2.21. The van der Waals surface area contributed by atoms with Gasteiger partial charge >= 0.3 is 0 Å². The molecule has 1 saturated carbocycles. The van der Waals surface area contributed by atoms with E-state index in [9.17, 15) is 9.59 Å². The monoisotopic (exact) mass is 330 g/mol. The summed E-state index contributed by atoms with van der Waals surface area (Å²) >= 11 is 0. The van der Waals surface area contributed by atoms with E-state index in [-0.39, 0.29) is 23.7 Å².